The standard InChI is InChI=1S/C24H27F2N/c1-5-7-15(2)21-13-22(25)23(26)14-24(21)27-17(4)19-9-6-8-16(3)20(12-19)18-10-11-18/h8-9,12-14,18H,2,5-7,10-11H2,1,3-4H3/b27-17+. The Morgan fingerprint density at radius 1 is 1.19 bits per heavy atom. The molecule has 0 heterocycles. The minimum absolute atomic E-state index is 0.445. The molecule has 27 heavy (non-hydrogen) atoms. The van der Waals surface area contributed by atoms with Crippen molar-refractivity contribution in [3.63, 3.8) is 0 Å². The third-order valence-electron chi connectivity index (χ3n) is 5.22. The van der Waals surface area contributed by atoms with Crippen LogP contribution in [-0.4, -0.2) is 5.71 Å². The van der Waals surface area contributed by atoms with Crippen LogP contribution in [0.4, 0.5) is 14.5 Å². The van der Waals surface area contributed by atoms with Gasteiger partial charge in [0.05, 0.1) is 5.69 Å². The van der Waals surface area contributed by atoms with Crippen LogP contribution in [0.25, 0.3) is 5.57 Å². The summed E-state index contributed by atoms with van der Waals surface area (Å²) in [4.78, 5) is 4.68. The van der Waals surface area contributed by atoms with E-state index in [1.165, 1.54) is 36.1 Å². The van der Waals surface area contributed by atoms with Gasteiger partial charge in [-0.2, -0.15) is 0 Å². The summed E-state index contributed by atoms with van der Waals surface area (Å²) in [5.74, 6) is -1.09. The summed E-state index contributed by atoms with van der Waals surface area (Å²) in [5, 5.41) is 0. The molecular formula is C24H27F2N. The van der Waals surface area contributed by atoms with Crippen LogP contribution >= 0.6 is 0 Å². The van der Waals surface area contributed by atoms with E-state index >= 15 is 0 Å². The highest BCUT2D eigenvalue weighted by atomic mass is 19.2. The van der Waals surface area contributed by atoms with E-state index in [4.69, 9.17) is 0 Å². The van der Waals surface area contributed by atoms with Crippen LogP contribution in [0.1, 0.15) is 58.4 Å². The molecule has 0 spiro atoms. The molecule has 0 radical (unpaired) electrons. The molecule has 0 aromatic heterocycles. The van der Waals surface area contributed by atoms with E-state index in [2.05, 4.69) is 36.7 Å². The second-order valence-electron chi connectivity index (χ2n) is 7.49. The lowest BCUT2D eigenvalue weighted by Crippen LogP contribution is -1.98. The van der Waals surface area contributed by atoms with E-state index in [0.717, 1.165) is 36.1 Å². The maximum Gasteiger partial charge on any atom is 0.161 e. The Morgan fingerprint density at radius 2 is 1.89 bits per heavy atom. The molecule has 0 N–H and O–H groups in total. The summed E-state index contributed by atoms with van der Waals surface area (Å²) in [6.07, 6.45) is 11.6. The molecule has 2 aliphatic rings. The topological polar surface area (TPSA) is 12.4 Å². The van der Waals surface area contributed by atoms with Gasteiger partial charge in [-0.3, -0.25) is 4.99 Å². The third-order valence-corrected chi connectivity index (χ3v) is 5.22. The van der Waals surface area contributed by atoms with Gasteiger partial charge in [0.2, 0.25) is 0 Å². The van der Waals surface area contributed by atoms with E-state index in [-0.39, 0.29) is 0 Å². The molecule has 0 aliphatic heterocycles. The summed E-state index contributed by atoms with van der Waals surface area (Å²) < 4.78 is 27.7. The number of allylic oxidation sites excluding steroid dienone is 7. The van der Waals surface area contributed by atoms with Gasteiger partial charge in [-0.25, -0.2) is 8.78 Å². The smallest absolute Gasteiger partial charge is 0.161 e. The van der Waals surface area contributed by atoms with Gasteiger partial charge in [0.1, 0.15) is 0 Å². The van der Waals surface area contributed by atoms with E-state index in [1.807, 2.05) is 13.8 Å². The summed E-state index contributed by atoms with van der Waals surface area (Å²) in [7, 11) is 0. The first kappa shape index (κ1) is 19.5. The van der Waals surface area contributed by atoms with E-state index in [0.29, 0.717) is 17.2 Å². The van der Waals surface area contributed by atoms with Gasteiger partial charge in [-0.1, -0.05) is 37.6 Å². The molecule has 2 aliphatic carbocycles. The Morgan fingerprint density at radius 3 is 2.56 bits per heavy atom. The highest BCUT2D eigenvalue weighted by Gasteiger charge is 2.27. The zero-order valence-electron chi connectivity index (χ0n) is 16.4. The van der Waals surface area contributed by atoms with Crippen molar-refractivity contribution in [3.05, 3.63) is 70.9 Å². The van der Waals surface area contributed by atoms with Crippen molar-refractivity contribution in [1.82, 2.24) is 0 Å². The molecule has 1 aromatic carbocycles. The van der Waals surface area contributed by atoms with Gasteiger partial charge >= 0.3 is 0 Å². The number of aliphatic imine (C=N–C) groups is 1. The molecule has 3 rings (SSSR count). The lowest BCUT2D eigenvalue weighted by Gasteiger charge is -2.11. The van der Waals surface area contributed by atoms with Gasteiger partial charge < -0.3 is 0 Å². The van der Waals surface area contributed by atoms with Crippen LogP contribution < -0.4 is 0 Å². The lowest BCUT2D eigenvalue weighted by molar-refractivity contribution is 0.508. The molecule has 0 atom stereocenters. The largest absolute Gasteiger partial charge is 0.252 e. The minimum Gasteiger partial charge on any atom is -0.252 e. The minimum atomic E-state index is -0.879. The van der Waals surface area contributed by atoms with Crippen LogP contribution in [0.2, 0.25) is 0 Å². The van der Waals surface area contributed by atoms with Gasteiger partial charge in [0, 0.05) is 17.3 Å². The molecule has 1 nitrogen and oxygen atoms in total. The zero-order chi connectivity index (χ0) is 19.6. The number of rotatable bonds is 6. The number of benzene rings is 1. The molecule has 1 fully saturated rings. The van der Waals surface area contributed by atoms with E-state index in [1.54, 1.807) is 0 Å². The molecular weight excluding hydrogens is 340 g/mol. The fraction of sp³-hybridized carbons (Fsp3) is 0.375. The Hall–Kier alpha value is -2.29. The van der Waals surface area contributed by atoms with E-state index in [9.17, 15) is 8.78 Å². The number of halogens is 2. The van der Waals surface area contributed by atoms with Crippen LogP contribution in [0.3, 0.4) is 0 Å². The number of hydrogen-bond donors (Lipinski definition) is 0. The first-order valence-electron chi connectivity index (χ1n) is 9.72. The van der Waals surface area contributed by atoms with Crippen LogP contribution in [0.15, 0.2) is 58.7 Å². The Balaban J connectivity index is 1.99. The highest BCUT2D eigenvalue weighted by Crippen LogP contribution is 2.41. The summed E-state index contributed by atoms with van der Waals surface area (Å²) >= 11 is 0. The second kappa shape index (κ2) is 8.16. The molecule has 0 amide bonds. The lowest BCUT2D eigenvalue weighted by atomic mass is 9.99. The van der Waals surface area contributed by atoms with Crippen molar-refractivity contribution in [3.8, 4) is 0 Å². The highest BCUT2D eigenvalue weighted by molar-refractivity contribution is 6.03. The van der Waals surface area contributed by atoms with Gasteiger partial charge in [0.15, 0.2) is 11.6 Å². The SMILES string of the molecule is C=C(CCC)c1cc(F)c(F)cc1/N=C(\C)C1=CCC=C(C)C(C2CC2)=C1. The number of hydrogen-bond acceptors (Lipinski definition) is 1. The molecule has 0 saturated heterocycles. The quantitative estimate of drug-likeness (QED) is 0.462. The number of nitrogens with zero attached hydrogens (tertiary/aromatic N) is 1. The molecule has 1 aromatic rings. The summed E-state index contributed by atoms with van der Waals surface area (Å²) in [6.45, 7) is 10.2. The van der Waals surface area contributed by atoms with Gasteiger partial charge in [-0.15, -0.1) is 0 Å². The Labute approximate surface area is 160 Å². The zero-order valence-corrected chi connectivity index (χ0v) is 16.4. The molecule has 3 heteroatoms. The van der Waals surface area contributed by atoms with Gasteiger partial charge in [-0.05, 0) is 74.3 Å². The average molecular weight is 367 g/mol. The van der Waals surface area contributed by atoms with Crippen LogP contribution in [-0.2, 0) is 0 Å². The van der Waals surface area contributed by atoms with E-state index < -0.39 is 11.6 Å². The Kier molecular flexibility index (Phi) is 5.88. The van der Waals surface area contributed by atoms with Crippen molar-refractivity contribution in [2.24, 2.45) is 10.9 Å². The molecule has 0 unspecified atom stereocenters. The van der Waals surface area contributed by atoms with Crippen LogP contribution in [0.5, 0.6) is 0 Å². The summed E-state index contributed by atoms with van der Waals surface area (Å²) in [6, 6.07) is 2.40. The first-order chi connectivity index (χ1) is 12.9. The monoisotopic (exact) mass is 367 g/mol. The fourth-order valence-corrected chi connectivity index (χ4v) is 3.50. The van der Waals surface area contributed by atoms with Crippen LogP contribution in [0, 0.1) is 17.6 Å². The van der Waals surface area contributed by atoms with Crippen molar-refractivity contribution in [2.75, 3.05) is 0 Å². The maximum absolute atomic E-state index is 13.9. The maximum atomic E-state index is 13.9. The first-order valence-corrected chi connectivity index (χ1v) is 9.72. The predicted molar refractivity (Wildman–Crippen MR) is 110 cm³/mol. The Bertz CT molecular complexity index is 880. The summed E-state index contributed by atoms with van der Waals surface area (Å²) in [5.41, 5.74) is 6.40. The van der Waals surface area contributed by atoms with Crippen molar-refractivity contribution in [1.29, 1.82) is 0 Å². The molecule has 142 valence electrons. The average Bonchev–Trinajstić information content (AvgIpc) is 3.45. The fourth-order valence-electron chi connectivity index (χ4n) is 3.50. The molecule has 0 bridgehead atoms. The predicted octanol–water partition coefficient (Wildman–Crippen LogP) is 7.48. The van der Waals surface area contributed by atoms with Crippen molar-refractivity contribution in [2.45, 2.75) is 52.9 Å². The van der Waals surface area contributed by atoms with Crippen molar-refractivity contribution >= 4 is 17.0 Å². The normalized spacial score (nSPS) is 17.8. The van der Waals surface area contributed by atoms with Gasteiger partial charge in [0.25, 0.3) is 0 Å². The molecule has 1 saturated carbocycles. The third kappa shape index (κ3) is 4.52. The van der Waals surface area contributed by atoms with Crippen molar-refractivity contribution < 1.29 is 8.78 Å². The second-order valence-corrected chi connectivity index (χ2v) is 7.49.